The molecule has 4 rings (SSSR count). The van der Waals surface area contributed by atoms with Gasteiger partial charge >= 0.3 is 5.97 Å². The van der Waals surface area contributed by atoms with Gasteiger partial charge in [0.05, 0.1) is 0 Å². The van der Waals surface area contributed by atoms with Gasteiger partial charge in [-0.15, -0.1) is 23.7 Å². The first kappa shape index (κ1) is 24.2. The van der Waals surface area contributed by atoms with E-state index in [4.69, 9.17) is 9.84 Å². The van der Waals surface area contributed by atoms with Crippen LogP contribution < -0.4 is 4.74 Å². The van der Waals surface area contributed by atoms with Crippen LogP contribution in [0.25, 0.3) is 10.6 Å². The van der Waals surface area contributed by atoms with E-state index in [1.165, 1.54) is 11.1 Å². The van der Waals surface area contributed by atoms with Gasteiger partial charge in [0.25, 0.3) is 0 Å². The molecule has 1 N–H and O–H groups in total. The Labute approximate surface area is 199 Å². The minimum Gasteiger partial charge on any atom is -0.492 e. The molecular formula is C25H29ClN2O3S. The molecule has 1 aliphatic rings. The molecule has 0 saturated carbocycles. The molecule has 1 aromatic heterocycles. The monoisotopic (exact) mass is 472 g/mol. The van der Waals surface area contributed by atoms with Crippen LogP contribution in [0.5, 0.6) is 5.75 Å². The van der Waals surface area contributed by atoms with Crippen molar-refractivity contribution in [3.63, 3.8) is 0 Å². The predicted molar refractivity (Wildman–Crippen MR) is 131 cm³/mol. The molecule has 0 spiro atoms. The molecule has 1 atom stereocenters. The van der Waals surface area contributed by atoms with Crippen LogP contribution in [-0.4, -0.2) is 46.7 Å². The number of thiazole rings is 1. The fourth-order valence-electron chi connectivity index (χ4n) is 4.07. The van der Waals surface area contributed by atoms with Gasteiger partial charge in [0, 0.05) is 29.6 Å². The average molecular weight is 473 g/mol. The summed E-state index contributed by atoms with van der Waals surface area (Å²) >= 11 is 1.65. The molecule has 7 heteroatoms. The summed E-state index contributed by atoms with van der Waals surface area (Å²) in [4.78, 5) is 17.5. The Morgan fingerprint density at radius 1 is 1.12 bits per heavy atom. The molecule has 0 bridgehead atoms. The van der Waals surface area contributed by atoms with E-state index in [1.807, 2.05) is 23.7 Å². The van der Waals surface area contributed by atoms with E-state index in [0.29, 0.717) is 19.1 Å². The Morgan fingerprint density at radius 3 is 2.50 bits per heavy atom. The molecule has 1 aliphatic heterocycles. The number of carboxylic acid groups (broad SMARTS) is 1. The highest BCUT2D eigenvalue weighted by Crippen LogP contribution is 2.24. The number of halogens is 1. The third-order valence-corrected chi connectivity index (χ3v) is 6.56. The van der Waals surface area contributed by atoms with E-state index in [1.54, 1.807) is 11.3 Å². The van der Waals surface area contributed by atoms with E-state index in [-0.39, 0.29) is 18.8 Å². The Bertz CT molecular complexity index is 962. The van der Waals surface area contributed by atoms with Gasteiger partial charge in [-0.25, -0.2) is 4.98 Å². The molecule has 2 aromatic carbocycles. The zero-order chi connectivity index (χ0) is 21.5. The van der Waals surface area contributed by atoms with Gasteiger partial charge < -0.3 is 9.84 Å². The maximum atomic E-state index is 10.7. The quantitative estimate of drug-likeness (QED) is 0.420. The molecule has 32 heavy (non-hydrogen) atoms. The number of hydrogen-bond donors (Lipinski definition) is 1. The molecule has 0 unspecified atom stereocenters. The Morgan fingerprint density at radius 2 is 1.84 bits per heavy atom. The van der Waals surface area contributed by atoms with E-state index >= 15 is 0 Å². The Kier molecular flexibility index (Phi) is 9.09. The van der Waals surface area contributed by atoms with Gasteiger partial charge in [-0.05, 0) is 62.0 Å². The molecule has 0 amide bonds. The first-order valence-electron chi connectivity index (χ1n) is 10.8. The van der Waals surface area contributed by atoms with Crippen molar-refractivity contribution in [3.8, 4) is 16.3 Å². The second-order valence-corrected chi connectivity index (χ2v) is 8.89. The van der Waals surface area contributed by atoms with Crippen molar-refractivity contribution in [2.75, 3.05) is 19.7 Å². The van der Waals surface area contributed by atoms with Crippen molar-refractivity contribution in [1.82, 2.24) is 9.88 Å². The summed E-state index contributed by atoms with van der Waals surface area (Å²) in [6.45, 7) is 2.53. The van der Waals surface area contributed by atoms with Crippen LogP contribution in [-0.2, 0) is 11.2 Å². The number of carboxylic acids is 1. The minimum absolute atomic E-state index is 0. The largest absolute Gasteiger partial charge is 0.492 e. The highest BCUT2D eigenvalue weighted by molar-refractivity contribution is 7.13. The third kappa shape index (κ3) is 6.79. The molecule has 0 aliphatic carbocycles. The summed E-state index contributed by atoms with van der Waals surface area (Å²) in [5, 5.41) is 11.9. The van der Waals surface area contributed by atoms with E-state index in [2.05, 4.69) is 46.3 Å². The maximum absolute atomic E-state index is 10.7. The number of rotatable bonds is 10. The topological polar surface area (TPSA) is 62.7 Å². The molecule has 1 fully saturated rings. The zero-order valence-corrected chi connectivity index (χ0v) is 19.6. The van der Waals surface area contributed by atoms with Crippen LogP contribution in [0.15, 0.2) is 60.1 Å². The molecule has 0 radical (unpaired) electrons. The molecule has 170 valence electrons. The molecule has 5 nitrogen and oxygen atoms in total. The van der Waals surface area contributed by atoms with Gasteiger partial charge in [0.1, 0.15) is 17.4 Å². The highest BCUT2D eigenvalue weighted by Gasteiger charge is 2.24. The molecule has 3 aromatic rings. The molecular weight excluding hydrogens is 444 g/mol. The van der Waals surface area contributed by atoms with Gasteiger partial charge in [-0.3, -0.25) is 9.69 Å². The summed E-state index contributed by atoms with van der Waals surface area (Å²) < 4.78 is 6.05. The standard InChI is InChI=1S/C25H28N2O3S.ClH/c28-24(29)4-2-15-27-14-1-3-22(27)18-30-23-11-7-20(8-12-23)17-19-5-9-21(10-6-19)25-26-13-16-31-25;/h5-13,16,22H,1-4,14-15,17-18H2,(H,28,29);1H/t22-;/m0./s1. The van der Waals surface area contributed by atoms with Crippen molar-refractivity contribution < 1.29 is 14.6 Å². The summed E-state index contributed by atoms with van der Waals surface area (Å²) in [5.74, 6) is 0.169. The van der Waals surface area contributed by atoms with Crippen molar-refractivity contribution in [1.29, 1.82) is 0 Å². The van der Waals surface area contributed by atoms with Gasteiger partial charge in [-0.2, -0.15) is 0 Å². The number of nitrogens with zero attached hydrogens (tertiary/aromatic N) is 2. The summed E-state index contributed by atoms with van der Waals surface area (Å²) in [6, 6.07) is 17.3. The van der Waals surface area contributed by atoms with Crippen LogP contribution in [0.1, 0.15) is 36.8 Å². The summed E-state index contributed by atoms with van der Waals surface area (Å²) in [5.41, 5.74) is 3.69. The number of benzene rings is 2. The lowest BCUT2D eigenvalue weighted by Crippen LogP contribution is -2.35. The Balaban J connectivity index is 0.00000289. The van der Waals surface area contributed by atoms with Crippen molar-refractivity contribution >= 4 is 29.7 Å². The van der Waals surface area contributed by atoms with Crippen molar-refractivity contribution in [3.05, 3.63) is 71.2 Å². The lowest BCUT2D eigenvalue weighted by atomic mass is 10.0. The number of likely N-dealkylation sites (tertiary alicyclic amines) is 1. The van der Waals surface area contributed by atoms with E-state index < -0.39 is 5.97 Å². The Hall–Kier alpha value is -2.41. The van der Waals surface area contributed by atoms with Crippen LogP contribution in [0.2, 0.25) is 0 Å². The van der Waals surface area contributed by atoms with Crippen molar-refractivity contribution in [2.45, 2.75) is 38.1 Å². The van der Waals surface area contributed by atoms with Gasteiger partial charge in [0.15, 0.2) is 0 Å². The maximum Gasteiger partial charge on any atom is 0.303 e. The van der Waals surface area contributed by atoms with E-state index in [9.17, 15) is 4.79 Å². The molecule has 1 saturated heterocycles. The number of ether oxygens (including phenoxy) is 1. The SMILES string of the molecule is Cl.O=C(O)CCCN1CCC[C@H]1COc1ccc(Cc2ccc(-c3nccs3)cc2)cc1. The van der Waals surface area contributed by atoms with E-state index in [0.717, 1.165) is 48.7 Å². The third-order valence-electron chi connectivity index (χ3n) is 5.74. The number of carbonyl (C=O) groups is 1. The number of hydrogen-bond acceptors (Lipinski definition) is 5. The second kappa shape index (κ2) is 12.0. The lowest BCUT2D eigenvalue weighted by Gasteiger charge is -2.24. The summed E-state index contributed by atoms with van der Waals surface area (Å²) in [6.07, 6.45) is 5.92. The first-order valence-corrected chi connectivity index (χ1v) is 11.7. The van der Waals surface area contributed by atoms with Gasteiger partial charge in [-0.1, -0.05) is 36.4 Å². The zero-order valence-electron chi connectivity index (χ0n) is 18.0. The van der Waals surface area contributed by atoms with Crippen molar-refractivity contribution in [2.24, 2.45) is 0 Å². The second-order valence-electron chi connectivity index (χ2n) is 8.00. The highest BCUT2D eigenvalue weighted by atomic mass is 35.5. The number of aromatic nitrogens is 1. The lowest BCUT2D eigenvalue weighted by molar-refractivity contribution is -0.137. The first-order chi connectivity index (χ1) is 15.2. The normalized spacial score (nSPS) is 15.9. The minimum atomic E-state index is -0.720. The van der Waals surface area contributed by atoms with Crippen LogP contribution >= 0.6 is 23.7 Å². The van der Waals surface area contributed by atoms with Crippen LogP contribution in [0.4, 0.5) is 0 Å². The van der Waals surface area contributed by atoms with Gasteiger partial charge in [0.2, 0.25) is 0 Å². The molecule has 2 heterocycles. The number of aliphatic carboxylic acids is 1. The fourth-order valence-corrected chi connectivity index (χ4v) is 4.72. The smallest absolute Gasteiger partial charge is 0.303 e. The predicted octanol–water partition coefficient (Wildman–Crippen LogP) is 5.53. The van der Waals surface area contributed by atoms with Crippen LogP contribution in [0, 0.1) is 0 Å². The fraction of sp³-hybridized carbons (Fsp3) is 0.360. The average Bonchev–Trinajstić information content (AvgIpc) is 3.46. The summed E-state index contributed by atoms with van der Waals surface area (Å²) in [7, 11) is 0. The van der Waals surface area contributed by atoms with Crippen LogP contribution in [0.3, 0.4) is 0 Å².